The molecule has 7 heteroatoms. The highest BCUT2D eigenvalue weighted by Crippen LogP contribution is 2.38. The Balaban J connectivity index is 1.73. The van der Waals surface area contributed by atoms with E-state index in [1.807, 2.05) is 47.1 Å². The summed E-state index contributed by atoms with van der Waals surface area (Å²) in [5.74, 6) is 1.56. The van der Waals surface area contributed by atoms with Crippen LogP contribution in [0.2, 0.25) is 0 Å². The van der Waals surface area contributed by atoms with Gasteiger partial charge in [0.05, 0.1) is 19.2 Å². The molecule has 4 rings (SSSR count). The Morgan fingerprint density at radius 3 is 2.56 bits per heavy atom. The first-order valence-corrected chi connectivity index (χ1v) is 8.83. The van der Waals surface area contributed by atoms with Gasteiger partial charge in [-0.05, 0) is 29.7 Å². The second-order valence-corrected chi connectivity index (χ2v) is 6.52. The monoisotopic (exact) mass is 363 g/mol. The molecule has 27 heavy (non-hydrogen) atoms. The van der Waals surface area contributed by atoms with Gasteiger partial charge in [-0.1, -0.05) is 42.5 Å². The molecule has 2 heterocycles. The number of benzene rings is 2. The van der Waals surface area contributed by atoms with E-state index < -0.39 is 0 Å². The summed E-state index contributed by atoms with van der Waals surface area (Å²) in [6, 6.07) is 18.3. The molecule has 2 N–H and O–H groups in total. The lowest BCUT2D eigenvalue weighted by Gasteiger charge is -2.31. The van der Waals surface area contributed by atoms with Crippen LogP contribution in [0.1, 0.15) is 36.6 Å². The highest BCUT2D eigenvalue weighted by molar-refractivity contribution is 5.86. The minimum absolute atomic E-state index is 0.00706. The second kappa shape index (κ2) is 7.11. The van der Waals surface area contributed by atoms with Crippen LogP contribution in [0.3, 0.4) is 0 Å². The molecule has 138 valence electrons. The summed E-state index contributed by atoms with van der Waals surface area (Å²) in [5.41, 5.74) is 2.30. The molecule has 0 bridgehead atoms. The van der Waals surface area contributed by atoms with E-state index in [-0.39, 0.29) is 18.0 Å². The van der Waals surface area contributed by atoms with Crippen LogP contribution in [0.25, 0.3) is 0 Å². The van der Waals surface area contributed by atoms with Crippen LogP contribution in [0.5, 0.6) is 5.75 Å². The van der Waals surface area contributed by atoms with Crippen molar-refractivity contribution in [2.75, 3.05) is 17.7 Å². The van der Waals surface area contributed by atoms with Crippen molar-refractivity contribution in [1.29, 1.82) is 0 Å². The average Bonchev–Trinajstić information content (AvgIpc) is 3.09. The predicted octanol–water partition coefficient (Wildman–Crippen LogP) is 3.39. The molecule has 0 fully saturated rings. The molecule has 2 aromatic carbocycles. The van der Waals surface area contributed by atoms with Gasteiger partial charge in [-0.25, -0.2) is 4.68 Å². The second-order valence-electron chi connectivity index (χ2n) is 6.52. The van der Waals surface area contributed by atoms with Crippen molar-refractivity contribution in [2.45, 2.75) is 25.4 Å². The quantitative estimate of drug-likeness (QED) is 0.743. The molecule has 2 atom stereocenters. The number of carbonyl (C=O) groups excluding carboxylic acids is 1. The number of aromatic nitrogens is 3. The highest BCUT2D eigenvalue weighted by atomic mass is 16.5. The van der Waals surface area contributed by atoms with E-state index in [1.165, 1.54) is 12.5 Å². The van der Waals surface area contributed by atoms with Crippen LogP contribution >= 0.6 is 0 Å². The van der Waals surface area contributed by atoms with Gasteiger partial charge in [0.1, 0.15) is 5.75 Å². The summed E-state index contributed by atoms with van der Waals surface area (Å²) >= 11 is 0. The summed E-state index contributed by atoms with van der Waals surface area (Å²) in [6.45, 7) is 1.45. The number of hydrogen-bond acceptors (Lipinski definition) is 5. The first kappa shape index (κ1) is 17.1. The average molecular weight is 363 g/mol. The van der Waals surface area contributed by atoms with Crippen molar-refractivity contribution >= 4 is 17.8 Å². The van der Waals surface area contributed by atoms with Gasteiger partial charge in [-0.3, -0.25) is 10.1 Å². The zero-order chi connectivity index (χ0) is 18.8. The fourth-order valence-electron chi connectivity index (χ4n) is 3.40. The summed E-state index contributed by atoms with van der Waals surface area (Å²) in [7, 11) is 1.65. The zero-order valence-electron chi connectivity index (χ0n) is 15.2. The SMILES string of the molecule is COc1ccc([C@H]2C[C@H](c3ccccc3)Nc3nc(NC(C)=O)nn32)cc1. The minimum Gasteiger partial charge on any atom is -0.497 e. The minimum atomic E-state index is -0.196. The number of fused-ring (bicyclic) bond motifs is 1. The van der Waals surface area contributed by atoms with E-state index in [2.05, 4.69) is 32.8 Å². The van der Waals surface area contributed by atoms with Crippen LogP contribution in [0.4, 0.5) is 11.9 Å². The number of nitrogens with one attached hydrogen (secondary N) is 2. The Bertz CT molecular complexity index is 937. The number of rotatable bonds is 4. The van der Waals surface area contributed by atoms with Gasteiger partial charge in [0.25, 0.3) is 5.95 Å². The molecule has 1 aromatic heterocycles. The third-order valence-electron chi connectivity index (χ3n) is 4.68. The molecular weight excluding hydrogens is 342 g/mol. The Kier molecular flexibility index (Phi) is 4.50. The van der Waals surface area contributed by atoms with E-state index in [0.29, 0.717) is 11.9 Å². The van der Waals surface area contributed by atoms with Gasteiger partial charge >= 0.3 is 0 Å². The molecule has 0 aliphatic carbocycles. The lowest BCUT2D eigenvalue weighted by atomic mass is 9.93. The fourth-order valence-corrected chi connectivity index (χ4v) is 3.40. The number of methoxy groups -OCH3 is 1. The van der Waals surface area contributed by atoms with E-state index in [0.717, 1.165) is 17.7 Å². The molecule has 1 aliphatic rings. The number of amides is 1. The van der Waals surface area contributed by atoms with Gasteiger partial charge in [0, 0.05) is 6.92 Å². The van der Waals surface area contributed by atoms with Crippen LogP contribution in [0, 0.1) is 0 Å². The Morgan fingerprint density at radius 1 is 1.15 bits per heavy atom. The normalized spacial score (nSPS) is 18.3. The lowest BCUT2D eigenvalue weighted by molar-refractivity contribution is -0.114. The first-order chi connectivity index (χ1) is 13.1. The Labute approximate surface area is 157 Å². The third-order valence-corrected chi connectivity index (χ3v) is 4.68. The van der Waals surface area contributed by atoms with Gasteiger partial charge in [-0.15, -0.1) is 5.10 Å². The summed E-state index contributed by atoms with van der Waals surface area (Å²) in [6.07, 6.45) is 0.812. The summed E-state index contributed by atoms with van der Waals surface area (Å²) < 4.78 is 7.11. The summed E-state index contributed by atoms with van der Waals surface area (Å²) in [5, 5.41) is 10.6. The molecule has 1 amide bonds. The highest BCUT2D eigenvalue weighted by Gasteiger charge is 2.31. The van der Waals surface area contributed by atoms with Crippen molar-refractivity contribution < 1.29 is 9.53 Å². The molecule has 1 aliphatic heterocycles. The van der Waals surface area contributed by atoms with Crippen molar-refractivity contribution in [3.8, 4) is 5.75 Å². The van der Waals surface area contributed by atoms with Gasteiger partial charge < -0.3 is 10.1 Å². The maximum absolute atomic E-state index is 11.4. The first-order valence-electron chi connectivity index (χ1n) is 8.83. The molecule has 3 aromatic rings. The number of carbonyl (C=O) groups is 1. The molecule has 7 nitrogen and oxygen atoms in total. The molecular formula is C20H21N5O2. The number of hydrogen-bond donors (Lipinski definition) is 2. The van der Waals surface area contributed by atoms with E-state index in [9.17, 15) is 4.79 Å². The molecule has 0 unspecified atom stereocenters. The van der Waals surface area contributed by atoms with Crippen LogP contribution in [0.15, 0.2) is 54.6 Å². The Hall–Kier alpha value is -3.35. The van der Waals surface area contributed by atoms with Crippen LogP contribution in [-0.2, 0) is 4.79 Å². The number of ether oxygens (including phenoxy) is 1. The zero-order valence-corrected chi connectivity index (χ0v) is 15.2. The van der Waals surface area contributed by atoms with E-state index >= 15 is 0 Å². The third kappa shape index (κ3) is 3.48. The van der Waals surface area contributed by atoms with E-state index in [1.54, 1.807) is 7.11 Å². The van der Waals surface area contributed by atoms with Crippen molar-refractivity contribution in [3.63, 3.8) is 0 Å². The number of nitrogens with zero attached hydrogens (tertiary/aromatic N) is 3. The van der Waals surface area contributed by atoms with E-state index in [4.69, 9.17) is 4.74 Å². The molecule has 0 saturated heterocycles. The van der Waals surface area contributed by atoms with Gasteiger partial charge in [0.2, 0.25) is 11.9 Å². The largest absolute Gasteiger partial charge is 0.497 e. The predicted molar refractivity (Wildman–Crippen MR) is 103 cm³/mol. The maximum Gasteiger partial charge on any atom is 0.250 e. The van der Waals surface area contributed by atoms with Crippen molar-refractivity contribution in [1.82, 2.24) is 14.8 Å². The van der Waals surface area contributed by atoms with Gasteiger partial charge in [0.15, 0.2) is 0 Å². The van der Waals surface area contributed by atoms with Gasteiger partial charge in [-0.2, -0.15) is 4.98 Å². The lowest BCUT2D eigenvalue weighted by Crippen LogP contribution is -2.28. The van der Waals surface area contributed by atoms with Crippen LogP contribution < -0.4 is 15.4 Å². The fraction of sp³-hybridized carbons (Fsp3) is 0.250. The standard InChI is InChI=1S/C20H21N5O2/c1-13(26)21-19-23-20-22-17(14-6-4-3-5-7-14)12-18(25(20)24-19)15-8-10-16(27-2)11-9-15/h3-11,17-18H,12H2,1-2H3,(H2,21,22,23,24,26)/t17-,18-/m1/s1. The smallest absolute Gasteiger partial charge is 0.250 e. The topological polar surface area (TPSA) is 81.1 Å². The Morgan fingerprint density at radius 2 is 1.89 bits per heavy atom. The maximum atomic E-state index is 11.4. The molecule has 0 saturated carbocycles. The summed E-state index contributed by atoms with van der Waals surface area (Å²) in [4.78, 5) is 15.9. The van der Waals surface area contributed by atoms with Crippen molar-refractivity contribution in [3.05, 3.63) is 65.7 Å². The van der Waals surface area contributed by atoms with Crippen molar-refractivity contribution in [2.24, 2.45) is 0 Å². The number of anilines is 2. The van der Waals surface area contributed by atoms with Crippen LogP contribution in [-0.4, -0.2) is 27.8 Å². The molecule has 0 radical (unpaired) electrons. The molecule has 0 spiro atoms.